The summed E-state index contributed by atoms with van der Waals surface area (Å²) in [6, 6.07) is 0. The van der Waals surface area contributed by atoms with E-state index >= 15 is 0 Å². The molecule has 0 spiro atoms. The second-order valence-corrected chi connectivity index (χ2v) is 5.62. The first kappa shape index (κ1) is 13.7. The number of ether oxygens (including phenoxy) is 1. The Bertz CT molecular complexity index is 313. The highest BCUT2D eigenvalue weighted by Crippen LogP contribution is 2.20. The number of thiocarbonyl (C=S) groups is 1. The highest BCUT2D eigenvalue weighted by molar-refractivity contribution is 7.80. The van der Waals surface area contributed by atoms with E-state index in [-0.39, 0.29) is 0 Å². The molecule has 1 aliphatic carbocycles. The summed E-state index contributed by atoms with van der Waals surface area (Å²) in [4.78, 5) is 0. The maximum atomic E-state index is 5.53. The third-order valence-corrected chi connectivity index (χ3v) is 3.94. The third-order valence-electron chi connectivity index (χ3n) is 3.70. The average Bonchev–Trinajstić information content (AvgIpc) is 2.88. The van der Waals surface area contributed by atoms with E-state index in [0.717, 1.165) is 32.4 Å². The predicted molar refractivity (Wildman–Crippen MR) is 77.8 cm³/mol. The van der Waals surface area contributed by atoms with Crippen LogP contribution in [-0.4, -0.2) is 30.1 Å². The number of rotatable bonds is 3. The number of nitrogens with zero attached hydrogens (tertiary/aromatic N) is 1. The zero-order valence-corrected chi connectivity index (χ0v) is 11.9. The Morgan fingerprint density at radius 2 is 2.28 bits per heavy atom. The van der Waals surface area contributed by atoms with E-state index in [1.165, 1.54) is 25.0 Å². The molecule has 2 fully saturated rings. The fourth-order valence-corrected chi connectivity index (χ4v) is 2.64. The van der Waals surface area contributed by atoms with Gasteiger partial charge in [0.2, 0.25) is 0 Å². The minimum absolute atomic E-state index is 0.311. The molecule has 5 heteroatoms. The van der Waals surface area contributed by atoms with Gasteiger partial charge in [-0.3, -0.25) is 5.43 Å². The van der Waals surface area contributed by atoms with Crippen LogP contribution in [0.1, 0.15) is 45.4 Å². The van der Waals surface area contributed by atoms with Gasteiger partial charge in [-0.25, -0.2) is 0 Å². The number of nitrogens with one attached hydrogen (secondary N) is 2. The largest absolute Gasteiger partial charge is 0.376 e. The van der Waals surface area contributed by atoms with Crippen LogP contribution in [0.3, 0.4) is 0 Å². The standard InChI is InChI=1S/C13H23N3OS/c1-10-5-2-3-7-12(10)15-16-13(18)14-9-11-6-4-8-17-11/h10-11H,2-9H2,1H3,(H2,14,16,18)/t10-,11-/m1/s1. The topological polar surface area (TPSA) is 45.7 Å². The van der Waals surface area contributed by atoms with Gasteiger partial charge in [0.25, 0.3) is 0 Å². The van der Waals surface area contributed by atoms with Gasteiger partial charge >= 0.3 is 0 Å². The molecule has 2 rings (SSSR count). The van der Waals surface area contributed by atoms with Crippen molar-refractivity contribution in [1.29, 1.82) is 0 Å². The van der Waals surface area contributed by atoms with Crippen LogP contribution in [0.5, 0.6) is 0 Å². The fraction of sp³-hybridized carbons (Fsp3) is 0.846. The van der Waals surface area contributed by atoms with Crippen LogP contribution in [-0.2, 0) is 4.74 Å². The summed E-state index contributed by atoms with van der Waals surface area (Å²) in [6.07, 6.45) is 7.51. The average molecular weight is 269 g/mol. The van der Waals surface area contributed by atoms with Crippen LogP contribution >= 0.6 is 12.2 Å². The Hall–Kier alpha value is -0.680. The quantitative estimate of drug-likeness (QED) is 0.609. The van der Waals surface area contributed by atoms with Gasteiger partial charge in [-0.1, -0.05) is 13.3 Å². The van der Waals surface area contributed by atoms with E-state index in [1.54, 1.807) is 0 Å². The van der Waals surface area contributed by atoms with Crippen LogP contribution < -0.4 is 10.7 Å². The molecule has 1 heterocycles. The molecule has 1 saturated carbocycles. The molecule has 0 aromatic heterocycles. The summed E-state index contributed by atoms with van der Waals surface area (Å²) in [5.41, 5.74) is 4.21. The van der Waals surface area contributed by atoms with Gasteiger partial charge in [-0.15, -0.1) is 0 Å². The summed E-state index contributed by atoms with van der Waals surface area (Å²) < 4.78 is 5.53. The first-order chi connectivity index (χ1) is 8.75. The third kappa shape index (κ3) is 4.21. The molecule has 0 unspecified atom stereocenters. The molecule has 0 radical (unpaired) electrons. The maximum Gasteiger partial charge on any atom is 0.187 e. The molecule has 2 aliphatic rings. The Morgan fingerprint density at radius 1 is 1.39 bits per heavy atom. The van der Waals surface area contributed by atoms with Crippen molar-refractivity contribution in [1.82, 2.24) is 10.7 Å². The minimum Gasteiger partial charge on any atom is -0.376 e. The van der Waals surface area contributed by atoms with E-state index in [0.29, 0.717) is 17.1 Å². The SMILES string of the molecule is C[C@@H]1CCCCC1=NNC(=S)NC[C@H]1CCCO1. The van der Waals surface area contributed by atoms with E-state index in [9.17, 15) is 0 Å². The molecular weight excluding hydrogens is 246 g/mol. The zero-order chi connectivity index (χ0) is 12.8. The van der Waals surface area contributed by atoms with Gasteiger partial charge in [0.15, 0.2) is 5.11 Å². The summed E-state index contributed by atoms with van der Waals surface area (Å²) in [5, 5.41) is 8.21. The van der Waals surface area contributed by atoms with Crippen molar-refractivity contribution in [3.63, 3.8) is 0 Å². The van der Waals surface area contributed by atoms with Crippen LogP contribution in [0, 0.1) is 5.92 Å². The summed E-state index contributed by atoms with van der Waals surface area (Å²) >= 11 is 5.21. The number of hydrogen-bond acceptors (Lipinski definition) is 3. The zero-order valence-electron chi connectivity index (χ0n) is 11.1. The van der Waals surface area contributed by atoms with Crippen molar-refractivity contribution in [2.24, 2.45) is 11.0 Å². The summed E-state index contributed by atoms with van der Waals surface area (Å²) in [6.45, 7) is 3.90. The molecule has 4 nitrogen and oxygen atoms in total. The lowest BCUT2D eigenvalue weighted by atomic mass is 9.89. The second-order valence-electron chi connectivity index (χ2n) is 5.21. The van der Waals surface area contributed by atoms with E-state index in [1.807, 2.05) is 0 Å². The molecule has 0 aromatic carbocycles. The van der Waals surface area contributed by atoms with Crippen molar-refractivity contribution in [2.75, 3.05) is 13.2 Å². The minimum atomic E-state index is 0.311. The molecule has 1 aliphatic heterocycles. The predicted octanol–water partition coefficient (Wildman–Crippen LogP) is 2.20. The van der Waals surface area contributed by atoms with Crippen molar-refractivity contribution in [3.8, 4) is 0 Å². The van der Waals surface area contributed by atoms with E-state index in [2.05, 4.69) is 22.8 Å². The molecule has 102 valence electrons. The molecule has 2 N–H and O–H groups in total. The molecule has 2 atom stereocenters. The van der Waals surface area contributed by atoms with Crippen molar-refractivity contribution in [3.05, 3.63) is 0 Å². The van der Waals surface area contributed by atoms with Gasteiger partial charge in [0, 0.05) is 18.9 Å². The molecule has 0 bridgehead atoms. The van der Waals surface area contributed by atoms with Gasteiger partial charge in [0.05, 0.1) is 6.10 Å². The Kier molecular flexibility index (Phi) is 5.38. The Labute approximate surface area is 115 Å². The van der Waals surface area contributed by atoms with Crippen molar-refractivity contribution >= 4 is 23.0 Å². The van der Waals surface area contributed by atoms with Crippen molar-refractivity contribution in [2.45, 2.75) is 51.6 Å². The summed E-state index contributed by atoms with van der Waals surface area (Å²) in [5.74, 6) is 0.590. The lowest BCUT2D eigenvalue weighted by Gasteiger charge is -2.20. The molecular formula is C13H23N3OS. The molecule has 1 saturated heterocycles. The molecule has 18 heavy (non-hydrogen) atoms. The number of hydrogen-bond donors (Lipinski definition) is 2. The first-order valence-corrected chi connectivity index (χ1v) is 7.38. The normalized spacial score (nSPS) is 30.4. The maximum absolute atomic E-state index is 5.53. The number of hydrazone groups is 1. The Balaban J connectivity index is 1.68. The lowest BCUT2D eigenvalue weighted by molar-refractivity contribution is 0.114. The van der Waals surface area contributed by atoms with Gasteiger partial charge in [0.1, 0.15) is 0 Å². The van der Waals surface area contributed by atoms with Crippen LogP contribution in [0.15, 0.2) is 5.10 Å². The fourth-order valence-electron chi connectivity index (χ4n) is 2.51. The van der Waals surface area contributed by atoms with Crippen LogP contribution in [0.4, 0.5) is 0 Å². The molecule has 0 aromatic rings. The highest BCUT2D eigenvalue weighted by atomic mass is 32.1. The molecule has 0 amide bonds. The monoisotopic (exact) mass is 269 g/mol. The van der Waals surface area contributed by atoms with Crippen LogP contribution in [0.2, 0.25) is 0 Å². The van der Waals surface area contributed by atoms with Gasteiger partial charge < -0.3 is 10.1 Å². The van der Waals surface area contributed by atoms with E-state index in [4.69, 9.17) is 17.0 Å². The highest BCUT2D eigenvalue weighted by Gasteiger charge is 2.17. The first-order valence-electron chi connectivity index (χ1n) is 6.97. The van der Waals surface area contributed by atoms with Gasteiger partial charge in [-0.05, 0) is 50.2 Å². The van der Waals surface area contributed by atoms with E-state index < -0.39 is 0 Å². The van der Waals surface area contributed by atoms with Crippen molar-refractivity contribution < 1.29 is 4.74 Å². The van der Waals surface area contributed by atoms with Gasteiger partial charge in [-0.2, -0.15) is 5.10 Å². The Morgan fingerprint density at radius 3 is 3.00 bits per heavy atom. The second kappa shape index (κ2) is 7.04. The summed E-state index contributed by atoms with van der Waals surface area (Å²) in [7, 11) is 0. The smallest absolute Gasteiger partial charge is 0.187 e. The van der Waals surface area contributed by atoms with Crippen LogP contribution in [0.25, 0.3) is 0 Å². The lowest BCUT2D eigenvalue weighted by Crippen LogP contribution is -2.38.